The van der Waals surface area contributed by atoms with E-state index in [-0.39, 0.29) is 24.7 Å². The van der Waals surface area contributed by atoms with Crippen LogP contribution >= 0.6 is 0 Å². The molecule has 2 heterocycles. The third kappa shape index (κ3) is 7.56. The van der Waals surface area contributed by atoms with Crippen LogP contribution in [0.1, 0.15) is 89.0 Å². The maximum Gasteiger partial charge on any atom is 0.311 e. The van der Waals surface area contributed by atoms with Crippen LogP contribution in [0.2, 0.25) is 0 Å². The number of rotatable bonds is 14. The molecule has 2 N–H and O–H groups in total. The van der Waals surface area contributed by atoms with E-state index in [0.717, 1.165) is 0 Å². The van der Waals surface area contributed by atoms with Gasteiger partial charge in [-0.15, -0.1) is 0 Å². The Morgan fingerprint density at radius 2 is 1.38 bits per heavy atom. The first-order chi connectivity index (χ1) is 18.3. The number of aliphatic hydroxyl groups is 2. The van der Waals surface area contributed by atoms with Crippen molar-refractivity contribution in [2.24, 2.45) is 23.7 Å². The first-order valence-corrected chi connectivity index (χ1v) is 14.6. The lowest BCUT2D eigenvalue weighted by atomic mass is 9.74. The highest BCUT2D eigenvalue weighted by atomic mass is 16.8. The molecular weight excluding hydrogens is 520 g/mol. The number of hydrogen-bond acceptors (Lipinski definition) is 10. The summed E-state index contributed by atoms with van der Waals surface area (Å²) in [5, 5.41) is 22.7. The zero-order valence-corrected chi connectivity index (χ0v) is 27.0. The fourth-order valence-electron chi connectivity index (χ4n) is 7.06. The van der Waals surface area contributed by atoms with Crippen LogP contribution in [0.15, 0.2) is 0 Å². The van der Waals surface area contributed by atoms with E-state index >= 15 is 0 Å². The maximum absolute atomic E-state index is 12.1. The Labute approximate surface area is 241 Å². The number of ether oxygens (including phenoxy) is 7. The zero-order chi connectivity index (χ0) is 30.8. The highest BCUT2D eigenvalue weighted by Gasteiger charge is 2.59. The molecular formula is C30H56O10. The largest absolute Gasteiger partial charge is 0.469 e. The van der Waals surface area contributed by atoms with Crippen molar-refractivity contribution in [1.29, 1.82) is 0 Å². The molecule has 0 amide bonds. The van der Waals surface area contributed by atoms with E-state index in [1.807, 2.05) is 69.2 Å². The van der Waals surface area contributed by atoms with Crippen molar-refractivity contribution in [3.63, 3.8) is 0 Å². The molecule has 2 saturated heterocycles. The molecule has 0 aromatic rings. The van der Waals surface area contributed by atoms with Crippen LogP contribution in [0, 0.1) is 23.7 Å². The summed E-state index contributed by atoms with van der Waals surface area (Å²) in [5.74, 6) is -3.97. The minimum Gasteiger partial charge on any atom is -0.469 e. The van der Waals surface area contributed by atoms with Gasteiger partial charge in [0.1, 0.15) is 12.4 Å². The molecule has 2 fully saturated rings. The van der Waals surface area contributed by atoms with E-state index in [0.29, 0.717) is 12.8 Å². The van der Waals surface area contributed by atoms with Crippen molar-refractivity contribution in [3.8, 4) is 0 Å². The lowest BCUT2D eigenvalue weighted by Gasteiger charge is -2.42. The van der Waals surface area contributed by atoms with Crippen molar-refractivity contribution >= 4 is 5.97 Å². The van der Waals surface area contributed by atoms with Gasteiger partial charge in [0, 0.05) is 18.9 Å². The molecule has 0 aromatic heterocycles. The lowest BCUT2D eigenvalue weighted by Crippen LogP contribution is -2.54. The highest BCUT2D eigenvalue weighted by Crippen LogP contribution is 2.48. The van der Waals surface area contributed by atoms with Gasteiger partial charge in [0.25, 0.3) is 0 Å². The topological polar surface area (TPSA) is 122 Å². The molecule has 0 spiro atoms. The van der Waals surface area contributed by atoms with Gasteiger partial charge in [0.2, 0.25) is 0 Å². The van der Waals surface area contributed by atoms with Gasteiger partial charge in [-0.2, -0.15) is 0 Å². The average Bonchev–Trinajstić information content (AvgIpc) is 3.27. The van der Waals surface area contributed by atoms with Crippen molar-refractivity contribution in [1.82, 2.24) is 0 Å². The summed E-state index contributed by atoms with van der Waals surface area (Å²) >= 11 is 0. The van der Waals surface area contributed by atoms with E-state index in [1.165, 1.54) is 7.11 Å². The summed E-state index contributed by atoms with van der Waals surface area (Å²) in [6.07, 6.45) is -1.95. The smallest absolute Gasteiger partial charge is 0.311 e. The molecule has 11 unspecified atom stereocenters. The van der Waals surface area contributed by atoms with E-state index < -0.39 is 65.0 Å². The van der Waals surface area contributed by atoms with Crippen LogP contribution in [-0.2, 0) is 38.0 Å². The molecule has 11 atom stereocenters. The van der Waals surface area contributed by atoms with Crippen LogP contribution in [0.4, 0.5) is 0 Å². The van der Waals surface area contributed by atoms with Crippen LogP contribution < -0.4 is 0 Å². The van der Waals surface area contributed by atoms with Gasteiger partial charge in [0.05, 0.1) is 49.1 Å². The third-order valence-corrected chi connectivity index (χ3v) is 8.76. The summed E-state index contributed by atoms with van der Waals surface area (Å²) in [4.78, 5) is 12.1. The molecule has 2 rings (SSSR count). The predicted octanol–water partition coefficient (Wildman–Crippen LogP) is 4.04. The monoisotopic (exact) mass is 576 g/mol. The molecule has 10 nitrogen and oxygen atoms in total. The standard InChI is InChI=1S/C30H56O10/c1-14-21(36-16-34-12)30(11)25(38-28(8,9)40-30)18(3)22(31)17(2)15-29(10)24(37-27(6,7)39-29)19(4)23(32)20(5)26(33)35-13/h17-25,31-32H,14-16H2,1-13H3. The van der Waals surface area contributed by atoms with Crippen LogP contribution in [0.5, 0.6) is 0 Å². The fourth-order valence-corrected chi connectivity index (χ4v) is 7.06. The van der Waals surface area contributed by atoms with Gasteiger partial charge >= 0.3 is 5.97 Å². The van der Waals surface area contributed by atoms with Crippen LogP contribution in [-0.4, -0.2) is 90.5 Å². The first kappa shape index (κ1) is 35.3. The molecule has 10 heteroatoms. The van der Waals surface area contributed by atoms with Crippen molar-refractivity contribution in [3.05, 3.63) is 0 Å². The summed E-state index contributed by atoms with van der Waals surface area (Å²) < 4.78 is 41.6. The predicted molar refractivity (Wildman–Crippen MR) is 149 cm³/mol. The van der Waals surface area contributed by atoms with E-state index in [9.17, 15) is 15.0 Å². The van der Waals surface area contributed by atoms with E-state index in [1.54, 1.807) is 14.0 Å². The Bertz CT molecular complexity index is 833. The second-order valence-corrected chi connectivity index (χ2v) is 13.2. The molecule has 0 radical (unpaired) electrons. The Kier molecular flexibility index (Phi) is 11.7. The Morgan fingerprint density at radius 1 is 0.850 bits per heavy atom. The summed E-state index contributed by atoms with van der Waals surface area (Å²) in [7, 11) is 2.89. The van der Waals surface area contributed by atoms with Crippen LogP contribution in [0.3, 0.4) is 0 Å². The van der Waals surface area contributed by atoms with Crippen LogP contribution in [0.25, 0.3) is 0 Å². The van der Waals surface area contributed by atoms with E-state index in [2.05, 4.69) is 0 Å². The van der Waals surface area contributed by atoms with Gasteiger partial charge < -0.3 is 43.4 Å². The molecule has 2 aliphatic rings. The van der Waals surface area contributed by atoms with Gasteiger partial charge in [-0.3, -0.25) is 4.79 Å². The molecule has 40 heavy (non-hydrogen) atoms. The second-order valence-electron chi connectivity index (χ2n) is 13.2. The lowest BCUT2D eigenvalue weighted by molar-refractivity contribution is -0.201. The van der Waals surface area contributed by atoms with Gasteiger partial charge in [-0.1, -0.05) is 27.7 Å². The minimum absolute atomic E-state index is 0.128. The van der Waals surface area contributed by atoms with Crippen molar-refractivity contribution in [2.45, 2.75) is 142 Å². The number of aliphatic hydroxyl groups excluding tert-OH is 2. The van der Waals surface area contributed by atoms with E-state index in [4.69, 9.17) is 33.2 Å². The summed E-state index contributed by atoms with van der Waals surface area (Å²) in [6, 6.07) is 0. The third-order valence-electron chi connectivity index (χ3n) is 8.76. The molecule has 236 valence electrons. The van der Waals surface area contributed by atoms with Gasteiger partial charge in [-0.05, 0) is 67.2 Å². The quantitative estimate of drug-likeness (QED) is 0.231. The zero-order valence-electron chi connectivity index (χ0n) is 27.0. The molecule has 0 saturated carbocycles. The number of carbonyl (C=O) groups is 1. The molecule has 0 aromatic carbocycles. The Hall–Kier alpha value is -0.850. The van der Waals surface area contributed by atoms with Gasteiger partial charge in [0.15, 0.2) is 11.6 Å². The molecule has 0 bridgehead atoms. The Balaban J connectivity index is 2.28. The fraction of sp³-hybridized carbons (Fsp3) is 0.967. The van der Waals surface area contributed by atoms with Gasteiger partial charge in [-0.25, -0.2) is 0 Å². The minimum atomic E-state index is -1.00. The SMILES string of the molecule is CCC(OCOC)C1(C)OC(C)(C)OC1C(C)C(O)C(C)CC1(C)OC(C)(C)OC1C(C)C(O)C(C)C(=O)OC. The second kappa shape index (κ2) is 13.2. The normalized spacial score (nSPS) is 35.0. The summed E-state index contributed by atoms with van der Waals surface area (Å²) in [5.41, 5.74) is -1.66. The number of hydrogen-bond donors (Lipinski definition) is 2. The number of carbonyl (C=O) groups excluding carboxylic acids is 1. The molecule has 2 aliphatic heterocycles. The van der Waals surface area contributed by atoms with Crippen molar-refractivity contribution < 1.29 is 48.2 Å². The Morgan fingerprint density at radius 3 is 1.90 bits per heavy atom. The first-order valence-electron chi connectivity index (χ1n) is 14.6. The number of methoxy groups -OCH3 is 2. The maximum atomic E-state index is 12.1. The highest BCUT2D eigenvalue weighted by molar-refractivity contribution is 5.72. The summed E-state index contributed by atoms with van der Waals surface area (Å²) in [6.45, 7) is 20.9. The average molecular weight is 577 g/mol. The molecule has 0 aliphatic carbocycles. The van der Waals surface area contributed by atoms with Crippen molar-refractivity contribution in [2.75, 3.05) is 21.0 Å². The number of esters is 1.